The standard InChI is InChI=1S/C13H18BrN3O2/c1-3-9(7-12(15)17-19)16-13(18)10-5-4-6-11(14)8(10)2/h4-6,9,19H,3,7H2,1-2H3,(H2,15,17)(H,16,18). The maximum Gasteiger partial charge on any atom is 0.251 e. The lowest BCUT2D eigenvalue weighted by Crippen LogP contribution is -2.37. The van der Waals surface area contributed by atoms with Gasteiger partial charge in [0.25, 0.3) is 5.91 Å². The third kappa shape index (κ3) is 4.24. The van der Waals surface area contributed by atoms with Gasteiger partial charge in [-0.2, -0.15) is 0 Å². The van der Waals surface area contributed by atoms with Crippen LogP contribution in [0.15, 0.2) is 27.8 Å². The molecule has 19 heavy (non-hydrogen) atoms. The summed E-state index contributed by atoms with van der Waals surface area (Å²) in [5, 5.41) is 14.4. The molecule has 1 amide bonds. The molecule has 0 aliphatic heterocycles. The molecule has 0 fully saturated rings. The van der Waals surface area contributed by atoms with Gasteiger partial charge in [0, 0.05) is 22.5 Å². The number of amidine groups is 1. The number of carbonyl (C=O) groups is 1. The topological polar surface area (TPSA) is 87.7 Å². The van der Waals surface area contributed by atoms with Crippen LogP contribution in [0.3, 0.4) is 0 Å². The minimum Gasteiger partial charge on any atom is -0.409 e. The Morgan fingerprint density at radius 2 is 2.26 bits per heavy atom. The Morgan fingerprint density at radius 1 is 1.58 bits per heavy atom. The fraction of sp³-hybridized carbons (Fsp3) is 0.385. The third-order valence-electron chi connectivity index (χ3n) is 2.92. The number of nitrogens with zero attached hydrogens (tertiary/aromatic N) is 1. The van der Waals surface area contributed by atoms with Gasteiger partial charge in [0.1, 0.15) is 5.84 Å². The second-order valence-electron chi connectivity index (χ2n) is 4.29. The molecule has 0 aromatic heterocycles. The zero-order chi connectivity index (χ0) is 14.4. The van der Waals surface area contributed by atoms with Crippen molar-refractivity contribution in [2.45, 2.75) is 32.7 Å². The van der Waals surface area contributed by atoms with Gasteiger partial charge in [0.15, 0.2) is 0 Å². The average Bonchev–Trinajstić information content (AvgIpc) is 2.40. The Hall–Kier alpha value is -1.56. The predicted octanol–water partition coefficient (Wildman–Crippen LogP) is 2.40. The zero-order valence-electron chi connectivity index (χ0n) is 11.0. The molecular formula is C13H18BrN3O2. The highest BCUT2D eigenvalue weighted by Gasteiger charge is 2.16. The van der Waals surface area contributed by atoms with Crippen LogP contribution in [0.4, 0.5) is 0 Å². The lowest BCUT2D eigenvalue weighted by molar-refractivity contribution is 0.0936. The van der Waals surface area contributed by atoms with E-state index in [1.807, 2.05) is 26.0 Å². The van der Waals surface area contributed by atoms with Crippen LogP contribution in [-0.4, -0.2) is 23.0 Å². The van der Waals surface area contributed by atoms with Crippen molar-refractivity contribution >= 4 is 27.7 Å². The van der Waals surface area contributed by atoms with E-state index < -0.39 is 0 Å². The highest BCUT2D eigenvalue weighted by molar-refractivity contribution is 9.10. The molecule has 6 heteroatoms. The predicted molar refractivity (Wildman–Crippen MR) is 78.5 cm³/mol. The molecule has 1 rings (SSSR count). The number of hydrogen-bond donors (Lipinski definition) is 3. The van der Waals surface area contributed by atoms with Crippen molar-refractivity contribution in [2.24, 2.45) is 10.9 Å². The molecule has 1 aromatic rings. The minimum atomic E-state index is -0.156. The Balaban J connectivity index is 2.80. The van der Waals surface area contributed by atoms with E-state index in [0.717, 1.165) is 10.0 Å². The normalized spacial score (nSPS) is 13.1. The summed E-state index contributed by atoms with van der Waals surface area (Å²) in [4.78, 5) is 12.2. The number of hydrogen-bond acceptors (Lipinski definition) is 3. The van der Waals surface area contributed by atoms with Crippen molar-refractivity contribution in [1.29, 1.82) is 0 Å². The highest BCUT2D eigenvalue weighted by atomic mass is 79.9. The maximum atomic E-state index is 12.2. The number of nitrogens with one attached hydrogen (secondary N) is 1. The summed E-state index contributed by atoms with van der Waals surface area (Å²) in [5.74, 6) is -0.0468. The zero-order valence-corrected chi connectivity index (χ0v) is 12.6. The summed E-state index contributed by atoms with van der Waals surface area (Å²) in [5.41, 5.74) is 6.96. The van der Waals surface area contributed by atoms with Gasteiger partial charge in [-0.05, 0) is 31.0 Å². The smallest absolute Gasteiger partial charge is 0.251 e. The van der Waals surface area contributed by atoms with E-state index in [1.165, 1.54) is 0 Å². The first-order valence-electron chi connectivity index (χ1n) is 6.02. The van der Waals surface area contributed by atoms with E-state index in [1.54, 1.807) is 6.07 Å². The van der Waals surface area contributed by atoms with Crippen LogP contribution >= 0.6 is 15.9 Å². The van der Waals surface area contributed by atoms with Crippen molar-refractivity contribution in [3.63, 3.8) is 0 Å². The van der Waals surface area contributed by atoms with Gasteiger partial charge >= 0.3 is 0 Å². The van der Waals surface area contributed by atoms with Crippen molar-refractivity contribution in [1.82, 2.24) is 5.32 Å². The van der Waals surface area contributed by atoms with Crippen LogP contribution < -0.4 is 11.1 Å². The van der Waals surface area contributed by atoms with Gasteiger partial charge in [-0.3, -0.25) is 4.79 Å². The molecule has 0 saturated carbocycles. The van der Waals surface area contributed by atoms with Gasteiger partial charge in [0.2, 0.25) is 0 Å². The fourth-order valence-electron chi connectivity index (χ4n) is 1.71. The van der Waals surface area contributed by atoms with Gasteiger partial charge in [-0.15, -0.1) is 0 Å². The molecule has 104 valence electrons. The van der Waals surface area contributed by atoms with E-state index in [2.05, 4.69) is 26.4 Å². The van der Waals surface area contributed by atoms with Crippen molar-refractivity contribution < 1.29 is 10.0 Å². The summed E-state index contributed by atoms with van der Waals surface area (Å²) < 4.78 is 0.893. The summed E-state index contributed by atoms with van der Waals surface area (Å²) in [6.45, 7) is 3.81. The third-order valence-corrected chi connectivity index (χ3v) is 3.78. The molecule has 1 unspecified atom stereocenters. The van der Waals surface area contributed by atoms with Crippen molar-refractivity contribution in [3.05, 3.63) is 33.8 Å². The number of oxime groups is 1. The molecule has 1 aromatic carbocycles. The number of amides is 1. The second kappa shape index (κ2) is 7.13. The van der Waals surface area contributed by atoms with E-state index >= 15 is 0 Å². The van der Waals surface area contributed by atoms with Crippen LogP contribution in [-0.2, 0) is 0 Å². The van der Waals surface area contributed by atoms with Crippen LogP contribution in [0.1, 0.15) is 35.7 Å². The van der Waals surface area contributed by atoms with Crippen LogP contribution in [0.2, 0.25) is 0 Å². The molecule has 0 heterocycles. The number of halogens is 1. The maximum absolute atomic E-state index is 12.2. The first-order chi connectivity index (χ1) is 8.99. The number of benzene rings is 1. The monoisotopic (exact) mass is 327 g/mol. The van der Waals surface area contributed by atoms with Crippen molar-refractivity contribution in [2.75, 3.05) is 0 Å². The van der Waals surface area contributed by atoms with E-state index in [0.29, 0.717) is 18.4 Å². The molecule has 0 aliphatic rings. The summed E-state index contributed by atoms with van der Waals surface area (Å²) in [6, 6.07) is 5.32. The highest BCUT2D eigenvalue weighted by Crippen LogP contribution is 2.19. The van der Waals surface area contributed by atoms with Crippen LogP contribution in [0.5, 0.6) is 0 Å². The number of carbonyl (C=O) groups excluding carboxylic acids is 1. The lowest BCUT2D eigenvalue weighted by atomic mass is 10.1. The Labute approximate surface area is 121 Å². The van der Waals surface area contributed by atoms with Gasteiger partial charge in [-0.1, -0.05) is 34.1 Å². The molecule has 0 bridgehead atoms. The SMILES string of the molecule is CCC(CC(N)=NO)NC(=O)c1cccc(Br)c1C. The Bertz CT molecular complexity index is 489. The van der Waals surface area contributed by atoms with Crippen LogP contribution in [0, 0.1) is 6.92 Å². The second-order valence-corrected chi connectivity index (χ2v) is 5.14. The van der Waals surface area contributed by atoms with Gasteiger partial charge in [0.05, 0.1) is 0 Å². The van der Waals surface area contributed by atoms with Gasteiger partial charge < -0.3 is 16.3 Å². The molecule has 0 saturated heterocycles. The Morgan fingerprint density at radius 3 is 2.84 bits per heavy atom. The van der Waals surface area contributed by atoms with E-state index in [-0.39, 0.29) is 17.8 Å². The molecule has 0 aliphatic carbocycles. The molecule has 4 N–H and O–H groups in total. The van der Waals surface area contributed by atoms with E-state index in [4.69, 9.17) is 10.9 Å². The van der Waals surface area contributed by atoms with Crippen LogP contribution in [0.25, 0.3) is 0 Å². The lowest BCUT2D eigenvalue weighted by Gasteiger charge is -2.17. The fourth-order valence-corrected chi connectivity index (χ4v) is 2.07. The first-order valence-corrected chi connectivity index (χ1v) is 6.81. The molecule has 0 radical (unpaired) electrons. The summed E-state index contributed by atoms with van der Waals surface area (Å²) >= 11 is 3.40. The molecule has 0 spiro atoms. The number of rotatable bonds is 5. The minimum absolute atomic E-state index is 0.109. The van der Waals surface area contributed by atoms with Crippen molar-refractivity contribution in [3.8, 4) is 0 Å². The molecular weight excluding hydrogens is 310 g/mol. The summed E-state index contributed by atoms with van der Waals surface area (Å²) in [7, 11) is 0. The Kier molecular flexibility index (Phi) is 5.82. The van der Waals surface area contributed by atoms with Gasteiger partial charge in [-0.25, -0.2) is 0 Å². The quantitative estimate of drug-likeness (QED) is 0.336. The summed E-state index contributed by atoms with van der Waals surface area (Å²) in [6.07, 6.45) is 1.03. The number of nitrogens with two attached hydrogens (primary N) is 1. The average molecular weight is 328 g/mol. The molecule has 1 atom stereocenters. The molecule has 5 nitrogen and oxygen atoms in total. The van der Waals surface area contributed by atoms with E-state index in [9.17, 15) is 4.79 Å². The largest absolute Gasteiger partial charge is 0.409 e. The first kappa shape index (κ1) is 15.5.